The van der Waals surface area contributed by atoms with E-state index < -0.39 is 64.9 Å². The number of nitrogens with zero attached hydrogens (tertiary/aromatic N) is 2. The van der Waals surface area contributed by atoms with Crippen LogP contribution in [0.1, 0.15) is 84.6 Å². The molecule has 1 saturated carbocycles. The maximum absolute atomic E-state index is 14.2. The second-order valence-corrected chi connectivity index (χ2v) is 14.2. The Bertz CT molecular complexity index is 1320. The van der Waals surface area contributed by atoms with Crippen molar-refractivity contribution in [1.29, 1.82) is 0 Å². The van der Waals surface area contributed by atoms with Crippen molar-refractivity contribution in [2.24, 2.45) is 34.8 Å². The fourth-order valence-electron chi connectivity index (χ4n) is 5.93. The molecule has 13 heteroatoms. The molecule has 0 bridgehead atoms. The number of methoxy groups -OCH3 is 1. The van der Waals surface area contributed by atoms with Crippen LogP contribution < -0.4 is 26.4 Å². The average Bonchev–Trinajstić information content (AvgIpc) is 3.69. The van der Waals surface area contributed by atoms with Crippen LogP contribution in [-0.4, -0.2) is 83.0 Å². The summed E-state index contributed by atoms with van der Waals surface area (Å²) in [5.74, 6) is -3.40. The summed E-state index contributed by atoms with van der Waals surface area (Å²) in [4.78, 5) is 84.8. The van der Waals surface area contributed by atoms with E-state index in [0.29, 0.717) is 12.8 Å². The number of aromatic nitrogens is 1. The molecule has 0 radical (unpaired) electrons. The number of carbonyl (C=O) groups excluding carboxylic acids is 6. The molecule has 1 aliphatic heterocycles. The number of ketones is 2. The number of likely N-dealkylation sites (tertiary alicyclic amines) is 1. The van der Waals surface area contributed by atoms with Crippen molar-refractivity contribution >= 4 is 35.3 Å². The molecule has 2 unspecified atom stereocenters. The lowest BCUT2D eigenvalue weighted by atomic mass is 9.84. The van der Waals surface area contributed by atoms with Crippen LogP contribution in [0.2, 0.25) is 0 Å². The van der Waals surface area contributed by atoms with Gasteiger partial charge < -0.3 is 31.3 Å². The molecular formula is C33H50N6O7. The van der Waals surface area contributed by atoms with Crippen molar-refractivity contribution in [3.63, 3.8) is 0 Å². The molecule has 0 aromatic carbocycles. The van der Waals surface area contributed by atoms with Gasteiger partial charge in [-0.25, -0.2) is 9.78 Å². The van der Waals surface area contributed by atoms with Crippen LogP contribution in [-0.2, 0) is 19.2 Å². The van der Waals surface area contributed by atoms with E-state index in [9.17, 15) is 28.8 Å². The van der Waals surface area contributed by atoms with E-state index in [4.69, 9.17) is 10.5 Å². The lowest BCUT2D eigenvalue weighted by Gasteiger charge is -2.37. The third-order valence-corrected chi connectivity index (χ3v) is 8.80. The number of hydrogen-bond donors (Lipinski definition) is 4. The molecule has 2 fully saturated rings. The molecule has 254 valence electrons. The van der Waals surface area contributed by atoms with Gasteiger partial charge >= 0.3 is 6.03 Å². The van der Waals surface area contributed by atoms with E-state index in [1.165, 1.54) is 18.1 Å². The van der Waals surface area contributed by atoms with Gasteiger partial charge in [-0.2, -0.15) is 0 Å². The van der Waals surface area contributed by atoms with E-state index in [1.54, 1.807) is 46.8 Å². The Morgan fingerprint density at radius 3 is 2.17 bits per heavy atom. The van der Waals surface area contributed by atoms with E-state index in [2.05, 4.69) is 20.9 Å². The first-order valence-electron chi connectivity index (χ1n) is 16.0. The maximum atomic E-state index is 14.2. The topological polar surface area (TPSA) is 190 Å². The first-order chi connectivity index (χ1) is 21.5. The standard InChI is InChI=1S/C33H50N6O7/c1-17(2)20-14-15-39(25(20)30(43)36-22(16-19-12-13-19)27(41)29(34)42)31(44)28(33(5,6)7)38-32(45)37-24(18(3)4)26(40)21-10-9-11-23(35-21)46-8/h9-11,17-20,22,24-25,28H,12-16H2,1-8H3,(H2,34,42)(H,36,43)(H2,37,38,45)/t20?,22?,24-,25-,28+/m0/s1. The largest absolute Gasteiger partial charge is 0.481 e. The number of carbonyl (C=O) groups is 6. The van der Waals surface area contributed by atoms with Crippen molar-refractivity contribution in [3.05, 3.63) is 23.9 Å². The number of nitrogens with two attached hydrogens (primary N) is 1. The van der Waals surface area contributed by atoms with Crippen molar-refractivity contribution < 1.29 is 33.5 Å². The summed E-state index contributed by atoms with van der Waals surface area (Å²) in [5.41, 5.74) is 4.63. The number of ether oxygens (including phenoxy) is 1. The predicted molar refractivity (Wildman–Crippen MR) is 171 cm³/mol. The number of nitrogens with one attached hydrogen (secondary N) is 3. The van der Waals surface area contributed by atoms with Crippen LogP contribution in [0.15, 0.2) is 18.2 Å². The first-order valence-corrected chi connectivity index (χ1v) is 16.0. The van der Waals surface area contributed by atoms with Gasteiger partial charge in [-0.15, -0.1) is 0 Å². The van der Waals surface area contributed by atoms with E-state index >= 15 is 0 Å². The molecular weight excluding hydrogens is 592 g/mol. The Kier molecular flexibility index (Phi) is 11.9. The summed E-state index contributed by atoms with van der Waals surface area (Å²) in [6.07, 6.45) is 2.66. The average molecular weight is 643 g/mol. The van der Waals surface area contributed by atoms with Crippen molar-refractivity contribution in [2.45, 2.75) is 98.3 Å². The lowest BCUT2D eigenvalue weighted by Crippen LogP contribution is -2.62. The SMILES string of the molecule is COc1cccc(C(=O)[C@@H](NC(=O)N[C@H](C(=O)N2CCC(C(C)C)[C@H]2C(=O)NC(CC2CC2)C(=O)C(N)=O)C(C)(C)C)C(C)C)n1. The third-order valence-electron chi connectivity index (χ3n) is 8.80. The van der Waals surface area contributed by atoms with Crippen LogP contribution in [0.25, 0.3) is 0 Å². The quantitative estimate of drug-likeness (QED) is 0.175. The van der Waals surface area contributed by atoms with Crippen molar-refractivity contribution in [1.82, 2.24) is 25.8 Å². The zero-order valence-electron chi connectivity index (χ0n) is 28.2. The number of amides is 5. The van der Waals surface area contributed by atoms with Crippen LogP contribution in [0.5, 0.6) is 5.88 Å². The Balaban J connectivity index is 1.83. The number of primary amides is 1. The van der Waals surface area contributed by atoms with Crippen LogP contribution >= 0.6 is 0 Å². The minimum Gasteiger partial charge on any atom is -0.481 e. The van der Waals surface area contributed by atoms with Gasteiger partial charge in [-0.1, -0.05) is 67.4 Å². The van der Waals surface area contributed by atoms with Crippen molar-refractivity contribution in [2.75, 3.05) is 13.7 Å². The summed E-state index contributed by atoms with van der Waals surface area (Å²) in [7, 11) is 1.44. The van der Waals surface area contributed by atoms with Crippen LogP contribution in [0, 0.1) is 29.1 Å². The zero-order valence-corrected chi connectivity index (χ0v) is 28.2. The molecule has 2 heterocycles. The maximum Gasteiger partial charge on any atom is 0.316 e. The minimum absolute atomic E-state index is 0.0228. The molecule has 2 aliphatic rings. The molecule has 0 spiro atoms. The highest BCUT2D eigenvalue weighted by Crippen LogP contribution is 2.35. The number of pyridine rings is 1. The van der Waals surface area contributed by atoms with Gasteiger partial charge in [0.1, 0.15) is 17.8 Å². The zero-order chi connectivity index (χ0) is 34.5. The molecule has 5 atom stereocenters. The Morgan fingerprint density at radius 1 is 1.00 bits per heavy atom. The first kappa shape index (κ1) is 36.4. The summed E-state index contributed by atoms with van der Waals surface area (Å²) >= 11 is 0. The second-order valence-electron chi connectivity index (χ2n) is 14.2. The second kappa shape index (κ2) is 15.0. The van der Waals surface area contributed by atoms with Gasteiger partial charge in [-0.05, 0) is 48.0 Å². The third kappa shape index (κ3) is 9.03. The Labute approximate surface area is 271 Å². The highest BCUT2D eigenvalue weighted by molar-refractivity contribution is 6.37. The Hall–Kier alpha value is -4.03. The molecule has 5 N–H and O–H groups in total. The number of urea groups is 1. The summed E-state index contributed by atoms with van der Waals surface area (Å²) in [5, 5.41) is 8.24. The molecule has 5 amide bonds. The Morgan fingerprint density at radius 2 is 1.65 bits per heavy atom. The number of rotatable bonds is 14. The molecule has 1 aromatic rings. The molecule has 1 aromatic heterocycles. The molecule has 1 saturated heterocycles. The number of hydrogen-bond acceptors (Lipinski definition) is 8. The summed E-state index contributed by atoms with van der Waals surface area (Å²) in [6, 6.07) is 0.0639. The predicted octanol–water partition coefficient (Wildman–Crippen LogP) is 2.22. The molecule has 1 aliphatic carbocycles. The van der Waals surface area contributed by atoms with E-state index in [1.807, 2.05) is 13.8 Å². The van der Waals surface area contributed by atoms with E-state index in [0.717, 1.165) is 12.8 Å². The minimum atomic E-state index is -1.12. The molecule has 46 heavy (non-hydrogen) atoms. The summed E-state index contributed by atoms with van der Waals surface area (Å²) in [6.45, 7) is 13.1. The lowest BCUT2D eigenvalue weighted by molar-refractivity contribution is -0.144. The number of Topliss-reactive ketones (excluding diaryl/α,β-unsaturated/α-hetero) is 2. The van der Waals surface area contributed by atoms with Gasteiger partial charge in [0.15, 0.2) is 0 Å². The highest BCUT2D eigenvalue weighted by atomic mass is 16.5. The van der Waals surface area contributed by atoms with Gasteiger partial charge in [-0.3, -0.25) is 24.0 Å². The van der Waals surface area contributed by atoms with Gasteiger partial charge in [0.2, 0.25) is 29.3 Å². The fourth-order valence-corrected chi connectivity index (χ4v) is 5.93. The molecule has 13 nitrogen and oxygen atoms in total. The molecule has 3 rings (SSSR count). The van der Waals surface area contributed by atoms with Crippen molar-refractivity contribution in [3.8, 4) is 5.88 Å². The fraction of sp³-hybridized carbons (Fsp3) is 0.667. The smallest absolute Gasteiger partial charge is 0.316 e. The summed E-state index contributed by atoms with van der Waals surface area (Å²) < 4.78 is 5.13. The van der Waals surface area contributed by atoms with Crippen LogP contribution in [0.3, 0.4) is 0 Å². The van der Waals surface area contributed by atoms with Gasteiger partial charge in [0, 0.05) is 12.6 Å². The van der Waals surface area contributed by atoms with Gasteiger partial charge in [0.25, 0.3) is 5.91 Å². The van der Waals surface area contributed by atoms with Crippen LogP contribution in [0.4, 0.5) is 4.79 Å². The van der Waals surface area contributed by atoms with Gasteiger partial charge in [0.05, 0.1) is 19.2 Å². The highest BCUT2D eigenvalue weighted by Gasteiger charge is 2.48. The normalized spacial score (nSPS) is 20.1. The monoisotopic (exact) mass is 642 g/mol. The van der Waals surface area contributed by atoms with E-state index in [-0.39, 0.29) is 41.8 Å².